The summed E-state index contributed by atoms with van der Waals surface area (Å²) in [5.41, 5.74) is 2.52. The first-order chi connectivity index (χ1) is 14.1. The number of nitrogens with zero attached hydrogens (tertiary/aromatic N) is 2. The van der Waals surface area contributed by atoms with Crippen molar-refractivity contribution in [3.05, 3.63) is 77.1 Å². The Kier molecular flexibility index (Phi) is 7.44. The minimum Gasteiger partial charge on any atom is -0.444 e. The maximum Gasteiger partial charge on any atom is 0.226 e. The fourth-order valence-corrected chi connectivity index (χ4v) is 3.65. The van der Waals surface area contributed by atoms with Crippen LogP contribution in [-0.2, 0) is 11.2 Å². The van der Waals surface area contributed by atoms with Crippen molar-refractivity contribution in [3.8, 4) is 11.5 Å². The van der Waals surface area contributed by atoms with E-state index < -0.39 is 0 Å². The van der Waals surface area contributed by atoms with Crippen molar-refractivity contribution in [2.75, 3.05) is 19.6 Å². The van der Waals surface area contributed by atoms with Gasteiger partial charge in [-0.3, -0.25) is 9.69 Å². The lowest BCUT2D eigenvalue weighted by Crippen LogP contribution is -2.38. The van der Waals surface area contributed by atoms with Crippen LogP contribution in [0.1, 0.15) is 31.1 Å². The average molecular weight is 412 g/mol. The van der Waals surface area contributed by atoms with Gasteiger partial charge in [-0.1, -0.05) is 61.8 Å². The van der Waals surface area contributed by atoms with Crippen LogP contribution in [0.5, 0.6) is 0 Å². The lowest BCUT2D eigenvalue weighted by atomic mass is 10.0. The number of aromatic nitrogens is 1. The first-order valence-electron chi connectivity index (χ1n) is 9.87. The molecule has 3 aromatic rings. The zero-order valence-electron chi connectivity index (χ0n) is 16.8. The molecule has 0 spiro atoms. The van der Waals surface area contributed by atoms with Gasteiger partial charge in [0.25, 0.3) is 0 Å². The molecule has 1 amide bonds. The number of carbonyl (C=O) groups excluding carboxylic acids is 1. The summed E-state index contributed by atoms with van der Waals surface area (Å²) in [6.07, 6.45) is 1.71. The maximum atomic E-state index is 12.5. The average Bonchev–Trinajstić information content (AvgIpc) is 3.21. The van der Waals surface area contributed by atoms with E-state index in [9.17, 15) is 4.79 Å². The Morgan fingerprint density at radius 3 is 2.48 bits per heavy atom. The monoisotopic (exact) mass is 411 g/mol. The molecule has 3 rings (SSSR count). The summed E-state index contributed by atoms with van der Waals surface area (Å²) in [6.45, 7) is 6.43. The Morgan fingerprint density at radius 2 is 1.79 bits per heavy atom. The van der Waals surface area contributed by atoms with Crippen molar-refractivity contribution in [3.63, 3.8) is 0 Å². The summed E-state index contributed by atoms with van der Waals surface area (Å²) in [5, 5.41) is 3.74. The number of hydrogen-bond donors (Lipinski definition) is 1. The van der Waals surface area contributed by atoms with Crippen molar-refractivity contribution in [1.82, 2.24) is 15.2 Å². The van der Waals surface area contributed by atoms with Crippen molar-refractivity contribution < 1.29 is 9.21 Å². The molecule has 1 N–H and O–H groups in total. The lowest BCUT2D eigenvalue weighted by Gasteiger charge is -2.30. The van der Waals surface area contributed by atoms with Gasteiger partial charge in [-0.05, 0) is 36.9 Å². The predicted molar refractivity (Wildman–Crippen MR) is 116 cm³/mol. The van der Waals surface area contributed by atoms with Crippen LogP contribution in [0, 0.1) is 0 Å². The first kappa shape index (κ1) is 21.1. The van der Waals surface area contributed by atoms with Crippen LogP contribution < -0.4 is 5.32 Å². The molecular weight excluding hydrogens is 386 g/mol. The highest BCUT2D eigenvalue weighted by atomic mass is 35.5. The van der Waals surface area contributed by atoms with E-state index in [2.05, 4.69) is 29.0 Å². The number of likely N-dealkylation sites (N-methyl/N-ethyl adjacent to an activating group) is 1. The second kappa shape index (κ2) is 10.2. The molecule has 2 aromatic carbocycles. The molecule has 0 aliphatic heterocycles. The standard InChI is InChI=1S/C23H26ClN3O2/c1-3-27(4-2)21(19-12-8-9-13-20(19)24)15-25-22(28)14-18-16-29-23(26-18)17-10-6-5-7-11-17/h5-13,16,21H,3-4,14-15H2,1-2H3,(H,25,28)/t21-/m0/s1. The van der Waals surface area contributed by atoms with E-state index >= 15 is 0 Å². The second-order valence-electron chi connectivity index (χ2n) is 6.75. The molecule has 0 fully saturated rings. The van der Waals surface area contributed by atoms with Gasteiger partial charge in [0.2, 0.25) is 11.8 Å². The molecule has 29 heavy (non-hydrogen) atoms. The number of oxazole rings is 1. The highest BCUT2D eigenvalue weighted by Gasteiger charge is 2.21. The summed E-state index contributed by atoms with van der Waals surface area (Å²) in [7, 11) is 0. The third-order valence-electron chi connectivity index (χ3n) is 4.92. The van der Waals surface area contributed by atoms with Gasteiger partial charge >= 0.3 is 0 Å². The molecular formula is C23H26ClN3O2. The summed E-state index contributed by atoms with van der Waals surface area (Å²) in [4.78, 5) is 19.2. The van der Waals surface area contributed by atoms with Crippen LogP contribution in [-0.4, -0.2) is 35.4 Å². The fourth-order valence-electron chi connectivity index (χ4n) is 3.38. The first-order valence-corrected chi connectivity index (χ1v) is 10.2. The SMILES string of the molecule is CCN(CC)[C@@H](CNC(=O)Cc1coc(-c2ccccc2)n1)c1ccccc1Cl. The molecule has 0 saturated carbocycles. The Morgan fingerprint density at radius 1 is 1.10 bits per heavy atom. The van der Waals surface area contributed by atoms with Crippen LogP contribution in [0.3, 0.4) is 0 Å². The van der Waals surface area contributed by atoms with Gasteiger partial charge in [-0.25, -0.2) is 4.98 Å². The summed E-state index contributed by atoms with van der Waals surface area (Å²) in [5.74, 6) is 0.424. The number of halogens is 1. The molecule has 0 unspecified atom stereocenters. The Balaban J connectivity index is 1.65. The smallest absolute Gasteiger partial charge is 0.226 e. The largest absolute Gasteiger partial charge is 0.444 e. The molecule has 5 nitrogen and oxygen atoms in total. The predicted octanol–water partition coefficient (Wildman–Crippen LogP) is 4.74. The number of benzene rings is 2. The van der Waals surface area contributed by atoms with E-state index in [0.717, 1.165) is 24.2 Å². The molecule has 1 atom stereocenters. The fraction of sp³-hybridized carbons (Fsp3) is 0.304. The van der Waals surface area contributed by atoms with E-state index in [1.807, 2.05) is 54.6 Å². The van der Waals surface area contributed by atoms with Gasteiger partial charge in [0, 0.05) is 17.1 Å². The van der Waals surface area contributed by atoms with Crippen LogP contribution in [0.25, 0.3) is 11.5 Å². The number of carbonyl (C=O) groups is 1. The summed E-state index contributed by atoms with van der Waals surface area (Å²) >= 11 is 6.42. The van der Waals surface area contributed by atoms with Gasteiger partial charge in [0.1, 0.15) is 6.26 Å². The van der Waals surface area contributed by atoms with E-state index in [1.54, 1.807) is 0 Å². The normalized spacial score (nSPS) is 12.1. The molecule has 0 bridgehead atoms. The van der Waals surface area contributed by atoms with Crippen molar-refractivity contribution >= 4 is 17.5 Å². The van der Waals surface area contributed by atoms with Gasteiger partial charge < -0.3 is 9.73 Å². The van der Waals surface area contributed by atoms with Crippen LogP contribution in [0.2, 0.25) is 5.02 Å². The lowest BCUT2D eigenvalue weighted by molar-refractivity contribution is -0.120. The highest BCUT2D eigenvalue weighted by Crippen LogP contribution is 2.27. The molecule has 152 valence electrons. The number of nitrogens with one attached hydrogen (secondary N) is 1. The topological polar surface area (TPSA) is 58.4 Å². The number of amides is 1. The van der Waals surface area contributed by atoms with Crippen molar-refractivity contribution in [1.29, 1.82) is 0 Å². The van der Waals surface area contributed by atoms with E-state index in [4.69, 9.17) is 16.0 Å². The third-order valence-corrected chi connectivity index (χ3v) is 5.27. The van der Waals surface area contributed by atoms with Crippen LogP contribution in [0.4, 0.5) is 0 Å². The van der Waals surface area contributed by atoms with Crippen molar-refractivity contribution in [2.45, 2.75) is 26.3 Å². The Labute approximate surface area is 176 Å². The van der Waals surface area contributed by atoms with Gasteiger partial charge in [0.05, 0.1) is 18.2 Å². The second-order valence-corrected chi connectivity index (χ2v) is 7.16. The molecule has 0 saturated heterocycles. The molecule has 1 heterocycles. The van der Waals surface area contributed by atoms with E-state index in [0.29, 0.717) is 23.2 Å². The van der Waals surface area contributed by atoms with Gasteiger partial charge in [-0.15, -0.1) is 0 Å². The molecule has 6 heteroatoms. The molecule has 0 radical (unpaired) electrons. The number of hydrogen-bond acceptors (Lipinski definition) is 4. The van der Waals surface area contributed by atoms with Crippen molar-refractivity contribution in [2.24, 2.45) is 0 Å². The maximum absolute atomic E-state index is 12.5. The van der Waals surface area contributed by atoms with E-state index in [1.165, 1.54) is 6.26 Å². The highest BCUT2D eigenvalue weighted by molar-refractivity contribution is 6.31. The summed E-state index contributed by atoms with van der Waals surface area (Å²) < 4.78 is 5.52. The molecule has 0 aliphatic rings. The Bertz CT molecular complexity index is 923. The summed E-state index contributed by atoms with van der Waals surface area (Å²) in [6, 6.07) is 17.4. The van der Waals surface area contributed by atoms with Gasteiger partial charge in [-0.2, -0.15) is 0 Å². The van der Waals surface area contributed by atoms with Crippen LogP contribution >= 0.6 is 11.6 Å². The minimum atomic E-state index is -0.0953. The quantitative estimate of drug-likeness (QED) is 0.552. The minimum absolute atomic E-state index is 0.0137. The number of rotatable bonds is 9. The Hall–Kier alpha value is -2.63. The molecule has 1 aromatic heterocycles. The zero-order valence-corrected chi connectivity index (χ0v) is 17.5. The third kappa shape index (κ3) is 5.46. The zero-order chi connectivity index (χ0) is 20.6. The van der Waals surface area contributed by atoms with Crippen LogP contribution in [0.15, 0.2) is 65.3 Å². The van der Waals surface area contributed by atoms with E-state index in [-0.39, 0.29) is 18.4 Å². The van der Waals surface area contributed by atoms with Gasteiger partial charge in [0.15, 0.2) is 0 Å². The molecule has 0 aliphatic carbocycles.